The second-order valence-electron chi connectivity index (χ2n) is 7.21. The molecule has 1 heterocycles. The number of amides is 2. The molecule has 22 heavy (non-hydrogen) atoms. The fourth-order valence-electron chi connectivity index (χ4n) is 2.43. The van der Waals surface area contributed by atoms with E-state index in [-0.39, 0.29) is 17.9 Å². The van der Waals surface area contributed by atoms with Gasteiger partial charge in [0, 0.05) is 19.6 Å². The number of carbonyl (C=O) groups excluding carboxylic acids is 2. The molecule has 1 saturated heterocycles. The summed E-state index contributed by atoms with van der Waals surface area (Å²) in [6, 6.07) is 0. The molecule has 1 N–H and O–H groups in total. The highest BCUT2D eigenvalue weighted by atomic mass is 16.6. The van der Waals surface area contributed by atoms with Crippen LogP contribution in [0.25, 0.3) is 0 Å². The first-order valence-electron chi connectivity index (χ1n) is 8.09. The first kappa shape index (κ1) is 18.7. The van der Waals surface area contributed by atoms with Gasteiger partial charge in [-0.05, 0) is 60.7 Å². The van der Waals surface area contributed by atoms with Crippen molar-refractivity contribution in [3.8, 4) is 0 Å². The molecule has 0 saturated carbocycles. The quantitative estimate of drug-likeness (QED) is 0.785. The summed E-state index contributed by atoms with van der Waals surface area (Å²) in [4.78, 5) is 28.0. The third kappa shape index (κ3) is 7.11. The van der Waals surface area contributed by atoms with Gasteiger partial charge < -0.3 is 19.9 Å². The van der Waals surface area contributed by atoms with E-state index in [1.165, 1.54) is 0 Å². The largest absolute Gasteiger partial charge is 0.444 e. The summed E-state index contributed by atoms with van der Waals surface area (Å²) in [6.45, 7) is 8.31. The maximum absolute atomic E-state index is 12.2. The molecule has 1 aliphatic rings. The highest BCUT2D eigenvalue weighted by Crippen LogP contribution is 2.19. The summed E-state index contributed by atoms with van der Waals surface area (Å²) in [6.07, 6.45) is 2.28. The average molecular weight is 313 g/mol. The van der Waals surface area contributed by atoms with Gasteiger partial charge >= 0.3 is 6.09 Å². The van der Waals surface area contributed by atoms with Crippen molar-refractivity contribution in [2.24, 2.45) is 5.92 Å². The summed E-state index contributed by atoms with van der Waals surface area (Å²) in [5.74, 6) is -0.0763. The molecule has 1 aliphatic heterocycles. The Bertz CT molecular complexity index is 377. The van der Waals surface area contributed by atoms with Crippen LogP contribution >= 0.6 is 0 Å². The summed E-state index contributed by atoms with van der Waals surface area (Å²) in [7, 11) is 4.03. The van der Waals surface area contributed by atoms with Crippen LogP contribution in [0.15, 0.2) is 0 Å². The average Bonchev–Trinajstić information content (AvgIpc) is 2.41. The Morgan fingerprint density at radius 2 is 2.00 bits per heavy atom. The number of likely N-dealkylation sites (tertiary alicyclic amines) is 1. The maximum atomic E-state index is 12.2. The Hall–Kier alpha value is -1.30. The summed E-state index contributed by atoms with van der Waals surface area (Å²) in [5.41, 5.74) is -0.502. The lowest BCUT2D eigenvalue weighted by Crippen LogP contribution is -2.47. The first-order chi connectivity index (χ1) is 10.2. The minimum absolute atomic E-state index is 0.0482. The molecular formula is C16H31N3O3. The van der Waals surface area contributed by atoms with Crippen LogP contribution in [0, 0.1) is 5.92 Å². The van der Waals surface area contributed by atoms with E-state index in [0.717, 1.165) is 25.8 Å². The van der Waals surface area contributed by atoms with Crippen molar-refractivity contribution in [3.05, 3.63) is 0 Å². The van der Waals surface area contributed by atoms with Crippen molar-refractivity contribution in [2.45, 2.75) is 45.6 Å². The monoisotopic (exact) mass is 313 g/mol. The third-order valence-corrected chi connectivity index (χ3v) is 3.53. The Kier molecular flexibility index (Phi) is 7.13. The Morgan fingerprint density at radius 3 is 2.59 bits per heavy atom. The molecule has 0 aromatic carbocycles. The highest BCUT2D eigenvalue weighted by molar-refractivity contribution is 5.80. The van der Waals surface area contributed by atoms with Crippen molar-refractivity contribution < 1.29 is 14.3 Å². The van der Waals surface area contributed by atoms with Crippen LogP contribution in [0.2, 0.25) is 0 Å². The van der Waals surface area contributed by atoms with Crippen LogP contribution < -0.4 is 5.32 Å². The molecule has 0 radical (unpaired) electrons. The molecule has 2 amide bonds. The van der Waals surface area contributed by atoms with Crippen molar-refractivity contribution in [1.29, 1.82) is 0 Å². The third-order valence-electron chi connectivity index (χ3n) is 3.53. The van der Waals surface area contributed by atoms with E-state index in [1.54, 1.807) is 4.90 Å². The highest BCUT2D eigenvalue weighted by Gasteiger charge is 2.30. The Labute approximate surface area is 134 Å². The zero-order valence-electron chi connectivity index (χ0n) is 14.6. The van der Waals surface area contributed by atoms with Crippen LogP contribution in [0.1, 0.15) is 40.0 Å². The van der Waals surface area contributed by atoms with Crippen LogP contribution in [0.5, 0.6) is 0 Å². The zero-order valence-corrected chi connectivity index (χ0v) is 14.6. The predicted molar refractivity (Wildman–Crippen MR) is 86.7 cm³/mol. The van der Waals surface area contributed by atoms with Gasteiger partial charge in [0.15, 0.2) is 0 Å². The molecule has 6 heteroatoms. The molecule has 1 rings (SSSR count). The number of nitrogens with zero attached hydrogens (tertiary/aromatic N) is 2. The van der Waals surface area contributed by atoms with Crippen LogP contribution in [-0.2, 0) is 9.53 Å². The van der Waals surface area contributed by atoms with E-state index < -0.39 is 5.60 Å². The number of carbonyl (C=O) groups is 2. The molecule has 1 fully saturated rings. The Balaban J connectivity index is 2.39. The summed E-state index contributed by atoms with van der Waals surface area (Å²) >= 11 is 0. The fraction of sp³-hybridized carbons (Fsp3) is 0.875. The van der Waals surface area contributed by atoms with Crippen LogP contribution in [-0.4, -0.2) is 67.7 Å². The zero-order chi connectivity index (χ0) is 16.8. The molecule has 0 aromatic rings. The fourth-order valence-corrected chi connectivity index (χ4v) is 2.43. The van der Waals surface area contributed by atoms with Gasteiger partial charge in [0.25, 0.3) is 0 Å². The van der Waals surface area contributed by atoms with Crippen LogP contribution in [0.3, 0.4) is 0 Å². The normalized spacial score (nSPS) is 19.2. The maximum Gasteiger partial charge on any atom is 0.410 e. The van der Waals surface area contributed by atoms with Gasteiger partial charge in [-0.3, -0.25) is 4.79 Å². The van der Waals surface area contributed by atoms with Crippen molar-refractivity contribution >= 4 is 12.0 Å². The number of piperidine rings is 1. The number of ether oxygens (including phenoxy) is 1. The van der Waals surface area contributed by atoms with E-state index >= 15 is 0 Å². The van der Waals surface area contributed by atoms with Gasteiger partial charge in [0.2, 0.25) is 5.91 Å². The molecule has 0 bridgehead atoms. The first-order valence-corrected chi connectivity index (χ1v) is 8.09. The second kappa shape index (κ2) is 8.36. The minimum Gasteiger partial charge on any atom is -0.444 e. The molecule has 1 atom stereocenters. The van der Waals surface area contributed by atoms with E-state index in [9.17, 15) is 9.59 Å². The standard InChI is InChI=1S/C16H31N3O3/c1-16(2,3)22-15(21)19-11-6-8-13(12-19)14(20)17-9-7-10-18(4)5/h13H,6-12H2,1-5H3,(H,17,20). The SMILES string of the molecule is CN(C)CCCNC(=O)C1CCCN(C(=O)OC(C)(C)C)C1. The number of nitrogens with one attached hydrogen (secondary N) is 1. The smallest absolute Gasteiger partial charge is 0.410 e. The molecule has 0 aromatic heterocycles. The summed E-state index contributed by atoms with van der Waals surface area (Å²) < 4.78 is 5.38. The second-order valence-corrected chi connectivity index (χ2v) is 7.21. The van der Waals surface area contributed by atoms with Crippen molar-refractivity contribution in [2.75, 3.05) is 40.3 Å². The molecule has 0 spiro atoms. The molecular weight excluding hydrogens is 282 g/mol. The van der Waals surface area contributed by atoms with Crippen LogP contribution in [0.4, 0.5) is 4.79 Å². The van der Waals surface area contributed by atoms with Gasteiger partial charge in [-0.15, -0.1) is 0 Å². The lowest BCUT2D eigenvalue weighted by atomic mass is 9.97. The van der Waals surface area contributed by atoms with E-state index in [1.807, 2.05) is 34.9 Å². The summed E-state index contributed by atoms with van der Waals surface area (Å²) in [5, 5.41) is 2.97. The number of hydrogen-bond acceptors (Lipinski definition) is 4. The topological polar surface area (TPSA) is 61.9 Å². The van der Waals surface area contributed by atoms with Gasteiger partial charge in [0.05, 0.1) is 5.92 Å². The number of rotatable bonds is 5. The van der Waals surface area contributed by atoms with Gasteiger partial charge in [-0.2, -0.15) is 0 Å². The lowest BCUT2D eigenvalue weighted by Gasteiger charge is -2.33. The molecule has 0 aliphatic carbocycles. The molecule has 128 valence electrons. The van der Waals surface area contributed by atoms with Crippen molar-refractivity contribution in [1.82, 2.24) is 15.1 Å². The van der Waals surface area contributed by atoms with E-state index in [4.69, 9.17) is 4.74 Å². The molecule has 6 nitrogen and oxygen atoms in total. The van der Waals surface area contributed by atoms with Crippen molar-refractivity contribution in [3.63, 3.8) is 0 Å². The van der Waals surface area contributed by atoms with Gasteiger partial charge in [-0.25, -0.2) is 4.79 Å². The lowest BCUT2D eigenvalue weighted by molar-refractivity contribution is -0.126. The molecule has 1 unspecified atom stereocenters. The Morgan fingerprint density at radius 1 is 1.32 bits per heavy atom. The minimum atomic E-state index is -0.502. The van der Waals surface area contributed by atoms with Gasteiger partial charge in [-0.1, -0.05) is 0 Å². The predicted octanol–water partition coefficient (Wildman–Crippen LogP) is 1.70. The van der Waals surface area contributed by atoms with E-state index in [2.05, 4.69) is 10.2 Å². The van der Waals surface area contributed by atoms with E-state index in [0.29, 0.717) is 19.6 Å². The van der Waals surface area contributed by atoms with Gasteiger partial charge in [0.1, 0.15) is 5.60 Å². The number of hydrogen-bond donors (Lipinski definition) is 1.